The summed E-state index contributed by atoms with van der Waals surface area (Å²) in [5.41, 5.74) is 0. The first-order valence-electron chi connectivity index (χ1n) is 5.95. The summed E-state index contributed by atoms with van der Waals surface area (Å²) >= 11 is 5.76. The highest BCUT2D eigenvalue weighted by atomic mass is 35.5. The van der Waals surface area contributed by atoms with Crippen LogP contribution in [0.15, 0.2) is 24.3 Å². The van der Waals surface area contributed by atoms with Gasteiger partial charge >= 0.3 is 0 Å². The molecule has 94 valence electrons. The first-order valence-corrected chi connectivity index (χ1v) is 6.33. The Labute approximate surface area is 107 Å². The van der Waals surface area contributed by atoms with Crippen molar-refractivity contribution in [2.24, 2.45) is 5.92 Å². The van der Waals surface area contributed by atoms with Gasteiger partial charge in [0.15, 0.2) is 0 Å². The molecule has 0 aliphatic heterocycles. The second-order valence-electron chi connectivity index (χ2n) is 4.65. The third kappa shape index (κ3) is 4.19. The Morgan fingerprint density at radius 2 is 2.12 bits per heavy atom. The lowest BCUT2D eigenvalue weighted by atomic mass is 10.3. The van der Waals surface area contributed by atoms with Crippen LogP contribution in [0.4, 0.5) is 0 Å². The SMILES string of the molecule is CC1CC1NCC(O)COc1ccc(Cl)cc1. The molecule has 0 heterocycles. The largest absolute Gasteiger partial charge is 0.491 e. The lowest BCUT2D eigenvalue weighted by Gasteiger charge is -2.13. The molecule has 1 aliphatic carbocycles. The molecule has 0 spiro atoms. The molecule has 0 radical (unpaired) electrons. The van der Waals surface area contributed by atoms with Crippen molar-refractivity contribution in [2.45, 2.75) is 25.5 Å². The van der Waals surface area contributed by atoms with Gasteiger partial charge in [0, 0.05) is 17.6 Å². The van der Waals surface area contributed by atoms with Gasteiger partial charge in [-0.05, 0) is 36.6 Å². The fourth-order valence-corrected chi connectivity index (χ4v) is 1.80. The Morgan fingerprint density at radius 3 is 2.71 bits per heavy atom. The molecular weight excluding hydrogens is 238 g/mol. The van der Waals surface area contributed by atoms with Gasteiger partial charge in [-0.25, -0.2) is 0 Å². The van der Waals surface area contributed by atoms with Gasteiger partial charge < -0.3 is 15.2 Å². The second-order valence-corrected chi connectivity index (χ2v) is 5.08. The summed E-state index contributed by atoms with van der Waals surface area (Å²) in [6.45, 7) is 3.09. The number of halogens is 1. The van der Waals surface area contributed by atoms with Gasteiger partial charge in [-0.1, -0.05) is 18.5 Å². The molecule has 17 heavy (non-hydrogen) atoms. The van der Waals surface area contributed by atoms with E-state index in [1.54, 1.807) is 24.3 Å². The van der Waals surface area contributed by atoms with Gasteiger partial charge in [0.2, 0.25) is 0 Å². The highest BCUT2D eigenvalue weighted by Gasteiger charge is 2.32. The van der Waals surface area contributed by atoms with Crippen LogP contribution in [0.2, 0.25) is 5.02 Å². The van der Waals surface area contributed by atoms with Crippen molar-refractivity contribution in [3.63, 3.8) is 0 Å². The number of rotatable bonds is 6. The van der Waals surface area contributed by atoms with Crippen LogP contribution in [0, 0.1) is 5.92 Å². The summed E-state index contributed by atoms with van der Waals surface area (Å²) in [4.78, 5) is 0. The average molecular weight is 256 g/mol. The monoisotopic (exact) mass is 255 g/mol. The molecule has 0 aromatic heterocycles. The van der Waals surface area contributed by atoms with Gasteiger partial charge in [-0.3, -0.25) is 0 Å². The molecule has 1 aromatic rings. The maximum Gasteiger partial charge on any atom is 0.119 e. The van der Waals surface area contributed by atoms with Gasteiger partial charge in [0.05, 0.1) is 0 Å². The Kier molecular flexibility index (Phi) is 4.26. The Bertz CT molecular complexity index is 355. The molecule has 3 nitrogen and oxygen atoms in total. The number of aliphatic hydroxyl groups is 1. The molecule has 4 heteroatoms. The Balaban J connectivity index is 1.65. The zero-order valence-corrected chi connectivity index (χ0v) is 10.7. The quantitative estimate of drug-likeness (QED) is 0.818. The molecule has 3 atom stereocenters. The summed E-state index contributed by atoms with van der Waals surface area (Å²) in [6, 6.07) is 7.72. The Morgan fingerprint density at radius 1 is 1.47 bits per heavy atom. The predicted octanol–water partition coefficient (Wildman–Crippen LogP) is 2.08. The number of aliphatic hydroxyl groups excluding tert-OH is 1. The van der Waals surface area contributed by atoms with Crippen LogP contribution in [0.5, 0.6) is 5.75 Å². The fraction of sp³-hybridized carbons (Fsp3) is 0.538. The molecule has 3 unspecified atom stereocenters. The fourth-order valence-electron chi connectivity index (χ4n) is 1.68. The van der Waals surface area contributed by atoms with Crippen LogP contribution in [0.25, 0.3) is 0 Å². The molecular formula is C13H18ClNO2. The van der Waals surface area contributed by atoms with Crippen LogP contribution in [0.3, 0.4) is 0 Å². The maximum atomic E-state index is 9.71. The molecule has 2 rings (SSSR count). The number of benzene rings is 1. The number of hydrogen-bond acceptors (Lipinski definition) is 3. The van der Waals surface area contributed by atoms with Crippen molar-refractivity contribution >= 4 is 11.6 Å². The van der Waals surface area contributed by atoms with E-state index in [0.717, 1.165) is 11.7 Å². The van der Waals surface area contributed by atoms with Crippen molar-refractivity contribution in [3.8, 4) is 5.75 Å². The van der Waals surface area contributed by atoms with E-state index in [0.29, 0.717) is 24.2 Å². The molecule has 1 fully saturated rings. The first-order chi connectivity index (χ1) is 8.15. The van der Waals surface area contributed by atoms with Crippen molar-refractivity contribution < 1.29 is 9.84 Å². The minimum absolute atomic E-state index is 0.301. The van der Waals surface area contributed by atoms with Crippen LogP contribution in [0.1, 0.15) is 13.3 Å². The third-order valence-electron chi connectivity index (χ3n) is 2.98. The van der Waals surface area contributed by atoms with Crippen molar-refractivity contribution in [2.75, 3.05) is 13.2 Å². The maximum absolute atomic E-state index is 9.71. The molecule has 2 N–H and O–H groups in total. The van der Waals surface area contributed by atoms with Gasteiger partial charge in [-0.2, -0.15) is 0 Å². The first kappa shape index (κ1) is 12.7. The lowest BCUT2D eigenvalue weighted by molar-refractivity contribution is 0.106. The molecule has 1 saturated carbocycles. The molecule has 1 aliphatic rings. The molecule has 0 amide bonds. The van der Waals surface area contributed by atoms with Crippen LogP contribution < -0.4 is 10.1 Å². The summed E-state index contributed by atoms with van der Waals surface area (Å²) in [5, 5.41) is 13.7. The Hall–Kier alpha value is -0.770. The van der Waals surface area contributed by atoms with E-state index >= 15 is 0 Å². The average Bonchev–Trinajstić information content (AvgIpc) is 3.02. The van der Waals surface area contributed by atoms with E-state index in [2.05, 4.69) is 12.2 Å². The summed E-state index contributed by atoms with van der Waals surface area (Å²) in [7, 11) is 0. The highest BCUT2D eigenvalue weighted by molar-refractivity contribution is 6.30. The smallest absolute Gasteiger partial charge is 0.119 e. The topological polar surface area (TPSA) is 41.5 Å². The minimum atomic E-state index is -0.474. The number of ether oxygens (including phenoxy) is 1. The van der Waals surface area contributed by atoms with E-state index in [9.17, 15) is 5.11 Å². The molecule has 1 aromatic carbocycles. The standard InChI is InChI=1S/C13H18ClNO2/c1-9-6-13(9)15-7-11(16)8-17-12-4-2-10(14)3-5-12/h2-5,9,11,13,15-16H,6-8H2,1H3. The van der Waals surface area contributed by atoms with Crippen molar-refractivity contribution in [1.29, 1.82) is 0 Å². The zero-order chi connectivity index (χ0) is 12.3. The summed E-state index contributed by atoms with van der Waals surface area (Å²) in [6.07, 6.45) is 0.739. The van der Waals surface area contributed by atoms with E-state index in [4.69, 9.17) is 16.3 Å². The number of nitrogens with one attached hydrogen (secondary N) is 1. The van der Waals surface area contributed by atoms with E-state index in [1.807, 2.05) is 0 Å². The lowest BCUT2D eigenvalue weighted by Crippen LogP contribution is -2.33. The van der Waals surface area contributed by atoms with E-state index in [-0.39, 0.29) is 0 Å². The summed E-state index contributed by atoms with van der Waals surface area (Å²) in [5.74, 6) is 1.48. The minimum Gasteiger partial charge on any atom is -0.491 e. The second kappa shape index (κ2) is 5.71. The van der Waals surface area contributed by atoms with E-state index < -0.39 is 6.10 Å². The molecule has 0 saturated heterocycles. The van der Waals surface area contributed by atoms with Crippen molar-refractivity contribution in [1.82, 2.24) is 5.32 Å². The zero-order valence-electron chi connectivity index (χ0n) is 9.90. The number of hydrogen-bond donors (Lipinski definition) is 2. The van der Waals surface area contributed by atoms with Gasteiger partial charge in [0.1, 0.15) is 18.5 Å². The van der Waals surface area contributed by atoms with Crippen LogP contribution in [-0.4, -0.2) is 30.4 Å². The van der Waals surface area contributed by atoms with E-state index in [1.165, 1.54) is 6.42 Å². The van der Waals surface area contributed by atoms with Crippen LogP contribution >= 0.6 is 11.6 Å². The van der Waals surface area contributed by atoms with Gasteiger partial charge in [-0.15, -0.1) is 0 Å². The predicted molar refractivity (Wildman–Crippen MR) is 68.5 cm³/mol. The summed E-state index contributed by atoms with van der Waals surface area (Å²) < 4.78 is 5.45. The molecule has 0 bridgehead atoms. The van der Waals surface area contributed by atoms with Gasteiger partial charge in [0.25, 0.3) is 0 Å². The highest BCUT2D eigenvalue weighted by Crippen LogP contribution is 2.28. The normalized spacial score (nSPS) is 24.4. The van der Waals surface area contributed by atoms with Crippen molar-refractivity contribution in [3.05, 3.63) is 29.3 Å². The van der Waals surface area contributed by atoms with Crippen LogP contribution in [-0.2, 0) is 0 Å². The third-order valence-corrected chi connectivity index (χ3v) is 3.23.